The lowest BCUT2D eigenvalue weighted by molar-refractivity contribution is -0.116. The number of halogens is 1. The first-order valence-corrected chi connectivity index (χ1v) is 12.3. The van der Waals surface area contributed by atoms with Crippen LogP contribution in [0.4, 0.5) is 11.4 Å². The molecule has 4 rings (SSSR count). The molecular formula is C24H29ClN2OS. The summed E-state index contributed by atoms with van der Waals surface area (Å²) in [6.45, 7) is 9.49. The van der Waals surface area contributed by atoms with Gasteiger partial charge in [0.25, 0.3) is 0 Å². The van der Waals surface area contributed by atoms with Crippen molar-refractivity contribution in [1.82, 2.24) is 0 Å². The van der Waals surface area contributed by atoms with E-state index >= 15 is 0 Å². The fourth-order valence-electron chi connectivity index (χ4n) is 5.10. The van der Waals surface area contributed by atoms with E-state index in [4.69, 9.17) is 11.6 Å². The Kier molecular flexibility index (Phi) is 5.28. The van der Waals surface area contributed by atoms with Crippen LogP contribution in [0.2, 0.25) is 5.02 Å². The second-order valence-electron chi connectivity index (χ2n) is 8.52. The number of Topliss-reactive ketones (excluding diaryl/α,β-unsaturated/α-hetero) is 1. The van der Waals surface area contributed by atoms with Gasteiger partial charge in [0, 0.05) is 24.0 Å². The first-order valence-electron chi connectivity index (χ1n) is 10.2. The van der Waals surface area contributed by atoms with E-state index < -0.39 is 0 Å². The average molecular weight is 429 g/mol. The Balaban J connectivity index is 2.08. The summed E-state index contributed by atoms with van der Waals surface area (Å²) in [5, 5.41) is 0.732. The van der Waals surface area contributed by atoms with Crippen LogP contribution in [0.1, 0.15) is 37.5 Å². The van der Waals surface area contributed by atoms with Gasteiger partial charge in [0.2, 0.25) is 0 Å². The molecule has 5 heteroatoms. The van der Waals surface area contributed by atoms with Crippen LogP contribution in [0.5, 0.6) is 0 Å². The monoisotopic (exact) mass is 428 g/mol. The predicted octanol–water partition coefficient (Wildman–Crippen LogP) is 5.65. The third-order valence-corrected chi connectivity index (χ3v) is 7.68. The van der Waals surface area contributed by atoms with E-state index in [1.165, 1.54) is 28.1 Å². The van der Waals surface area contributed by atoms with Gasteiger partial charge < -0.3 is 9.21 Å². The van der Waals surface area contributed by atoms with Crippen molar-refractivity contribution in [1.29, 1.82) is 0 Å². The second-order valence-corrected chi connectivity index (χ2v) is 10.6. The molecule has 3 atom stereocenters. The number of carbonyl (C=O) groups is 1. The molecule has 0 saturated heterocycles. The van der Waals surface area contributed by atoms with E-state index in [9.17, 15) is 4.79 Å². The molecule has 3 nitrogen and oxygen atoms in total. The molecule has 0 saturated carbocycles. The van der Waals surface area contributed by atoms with E-state index in [-0.39, 0.29) is 16.5 Å². The highest BCUT2D eigenvalue weighted by atomic mass is 35.5. The van der Waals surface area contributed by atoms with Gasteiger partial charge in [-0.15, -0.1) is 10.7 Å². The molecule has 0 aromatic heterocycles. The first-order chi connectivity index (χ1) is 13.7. The molecule has 0 fully saturated rings. The number of rotatable bonds is 4. The van der Waals surface area contributed by atoms with E-state index in [1.807, 2.05) is 12.1 Å². The van der Waals surface area contributed by atoms with Crippen LogP contribution in [-0.4, -0.2) is 36.5 Å². The normalized spacial score (nSPS) is 21.3. The quantitative estimate of drug-likeness (QED) is 0.587. The van der Waals surface area contributed by atoms with Crippen LogP contribution < -0.4 is 9.21 Å². The Morgan fingerprint density at radius 1 is 1.21 bits per heavy atom. The van der Waals surface area contributed by atoms with Gasteiger partial charge in [0.05, 0.1) is 17.4 Å². The number of hydrogen-bond acceptors (Lipinski definition) is 3. The van der Waals surface area contributed by atoms with Crippen molar-refractivity contribution < 1.29 is 4.79 Å². The van der Waals surface area contributed by atoms with Crippen LogP contribution in [0.15, 0.2) is 24.3 Å². The molecule has 0 N–H and O–H groups in total. The molecule has 2 aliphatic rings. The molecule has 0 amide bonds. The van der Waals surface area contributed by atoms with Crippen molar-refractivity contribution in [2.45, 2.75) is 52.6 Å². The molecule has 0 bridgehead atoms. The zero-order valence-electron chi connectivity index (χ0n) is 17.9. The van der Waals surface area contributed by atoms with Gasteiger partial charge in [-0.1, -0.05) is 29.6 Å². The van der Waals surface area contributed by atoms with Gasteiger partial charge >= 0.3 is 0 Å². The van der Waals surface area contributed by atoms with Gasteiger partial charge in [-0.2, -0.15) is 0 Å². The van der Waals surface area contributed by atoms with E-state index in [0.717, 1.165) is 29.1 Å². The summed E-state index contributed by atoms with van der Waals surface area (Å²) in [4.78, 5) is 14.8. The molecule has 2 aromatic rings. The summed E-state index contributed by atoms with van der Waals surface area (Å²) in [6.07, 6.45) is 3.64. The minimum Gasteiger partial charge on any atom is -0.364 e. The van der Waals surface area contributed by atoms with E-state index in [0.29, 0.717) is 18.5 Å². The lowest BCUT2D eigenvalue weighted by Gasteiger charge is -2.45. The third kappa shape index (κ3) is 3.30. The van der Waals surface area contributed by atoms with Crippen molar-refractivity contribution in [3.63, 3.8) is 0 Å². The van der Waals surface area contributed by atoms with Crippen LogP contribution in [0.25, 0.3) is 11.1 Å². The van der Waals surface area contributed by atoms with Crippen molar-refractivity contribution in [2.75, 3.05) is 22.0 Å². The Morgan fingerprint density at radius 2 is 1.86 bits per heavy atom. The van der Waals surface area contributed by atoms with Crippen LogP contribution in [0, 0.1) is 6.92 Å². The molecule has 2 heterocycles. The van der Waals surface area contributed by atoms with Gasteiger partial charge in [-0.3, -0.25) is 4.79 Å². The molecule has 3 unspecified atom stereocenters. The van der Waals surface area contributed by atoms with Gasteiger partial charge in [0.15, 0.2) is 0 Å². The van der Waals surface area contributed by atoms with Crippen molar-refractivity contribution in [3.05, 3.63) is 46.0 Å². The second kappa shape index (κ2) is 7.48. The summed E-state index contributed by atoms with van der Waals surface area (Å²) in [7, 11) is -0.131. The zero-order chi connectivity index (χ0) is 21.0. The number of nitrogens with zero attached hydrogens (tertiary/aromatic N) is 2. The number of ketones is 1. The smallest absolute Gasteiger partial charge is 0.134 e. The summed E-state index contributed by atoms with van der Waals surface area (Å²) < 4.78 is 2.48. The van der Waals surface area contributed by atoms with Gasteiger partial charge in [0.1, 0.15) is 5.78 Å². The molecule has 154 valence electrons. The summed E-state index contributed by atoms with van der Waals surface area (Å²) >= 11 is 6.17. The van der Waals surface area contributed by atoms with Gasteiger partial charge in [-0.25, -0.2) is 0 Å². The Morgan fingerprint density at radius 3 is 2.45 bits per heavy atom. The molecule has 29 heavy (non-hydrogen) atoms. The largest absolute Gasteiger partial charge is 0.364 e. The number of anilines is 2. The first kappa shape index (κ1) is 20.5. The lowest BCUT2D eigenvalue weighted by Crippen LogP contribution is -2.47. The van der Waals surface area contributed by atoms with Crippen LogP contribution in [-0.2, 0) is 17.6 Å². The maximum Gasteiger partial charge on any atom is 0.134 e. The molecule has 0 spiro atoms. The fourth-order valence-corrected chi connectivity index (χ4v) is 6.45. The SMILES string of the molecule is C=S(C)N1c2c(C)c(CC(C)=O)c(-c3ccc(Cl)cc3)c3c2N(CC1C)C(C)C3. The third-order valence-electron chi connectivity index (χ3n) is 6.22. The Hall–Kier alpha value is -1.78. The number of carbonyl (C=O) groups excluding carboxylic acids is 1. The molecule has 2 aliphatic heterocycles. The topological polar surface area (TPSA) is 23.6 Å². The van der Waals surface area contributed by atoms with E-state index in [2.05, 4.69) is 54.2 Å². The standard InChI is InChI=1S/C24H29ClN2OS/c1-14-11-21-22(18-7-9-19(25)10-8-18)20(12-16(3)28)17(4)23-24(21)26(14)13-15(2)27(23)29(5)6/h7-10,14-15H,5,11-13H2,1-4,6H3. The van der Waals surface area contributed by atoms with Crippen molar-refractivity contribution in [3.8, 4) is 11.1 Å². The minimum absolute atomic E-state index is 0.131. The number of benzene rings is 2. The lowest BCUT2D eigenvalue weighted by atomic mass is 9.85. The summed E-state index contributed by atoms with van der Waals surface area (Å²) in [5.74, 6) is 4.57. The van der Waals surface area contributed by atoms with Crippen molar-refractivity contribution in [2.24, 2.45) is 0 Å². The molecular weight excluding hydrogens is 400 g/mol. The van der Waals surface area contributed by atoms with Crippen LogP contribution >= 0.6 is 22.3 Å². The summed E-state index contributed by atoms with van der Waals surface area (Å²) in [5.41, 5.74) is 8.78. The zero-order valence-corrected chi connectivity index (χ0v) is 19.5. The molecule has 2 aromatic carbocycles. The Bertz CT molecular complexity index is 1010. The average Bonchev–Trinajstić information content (AvgIpc) is 2.96. The van der Waals surface area contributed by atoms with E-state index in [1.54, 1.807) is 6.92 Å². The fraction of sp³-hybridized carbons (Fsp3) is 0.417. The minimum atomic E-state index is -0.131. The van der Waals surface area contributed by atoms with Gasteiger partial charge in [-0.05, 0) is 80.3 Å². The maximum absolute atomic E-state index is 12.3. The highest BCUT2D eigenvalue weighted by Gasteiger charge is 2.41. The summed E-state index contributed by atoms with van der Waals surface area (Å²) in [6, 6.07) is 8.92. The molecule has 0 radical (unpaired) electrons. The Labute approximate surface area is 181 Å². The maximum atomic E-state index is 12.3. The van der Waals surface area contributed by atoms with Crippen molar-refractivity contribution >= 4 is 45.3 Å². The van der Waals surface area contributed by atoms with Crippen LogP contribution in [0.3, 0.4) is 0 Å². The highest BCUT2D eigenvalue weighted by molar-refractivity contribution is 8.14. The predicted molar refractivity (Wildman–Crippen MR) is 129 cm³/mol. The highest BCUT2D eigenvalue weighted by Crippen LogP contribution is 2.53. The molecule has 0 aliphatic carbocycles. The number of hydrogen-bond donors (Lipinski definition) is 0.